The van der Waals surface area contributed by atoms with Crippen molar-refractivity contribution in [1.82, 2.24) is 9.97 Å². The number of anilines is 2. The van der Waals surface area contributed by atoms with Crippen molar-refractivity contribution in [3.05, 3.63) is 131 Å². The minimum atomic E-state index is -0.540. The van der Waals surface area contributed by atoms with Gasteiger partial charge in [-0.2, -0.15) is 0 Å². The summed E-state index contributed by atoms with van der Waals surface area (Å²) in [5.41, 5.74) is 1.28. The highest BCUT2D eigenvalue weighted by atomic mass is 16.2. The standard InChI is InChI=1S/C28H16N4O4/c33-25-19-9-1-3-11-21(19)31(27(35)17-7-5-13-29-15-17)23(25)24-26(34)20-10-2-4-12-22(20)32(24)28(36)18-8-6-14-30-16-18/h1-16H/b24-23+. The molecule has 0 spiro atoms. The molecular weight excluding hydrogens is 456 g/mol. The maximum Gasteiger partial charge on any atom is 0.264 e. The number of ketones is 2. The number of hydrogen-bond donors (Lipinski definition) is 0. The molecule has 0 atom stereocenters. The summed E-state index contributed by atoms with van der Waals surface area (Å²) in [6.07, 6.45) is 5.84. The molecule has 172 valence electrons. The SMILES string of the molecule is O=C1/C(=C2/C(=O)c3ccccc3N2C(=O)c2cccnc2)N(C(=O)c2cccnc2)c2ccccc21. The predicted octanol–water partition coefficient (Wildman–Crippen LogP) is 4.07. The van der Waals surface area contributed by atoms with Gasteiger partial charge < -0.3 is 0 Å². The summed E-state index contributed by atoms with van der Waals surface area (Å²) in [5.74, 6) is -2.13. The van der Waals surface area contributed by atoms with Crippen LogP contribution in [-0.2, 0) is 0 Å². The summed E-state index contributed by atoms with van der Waals surface area (Å²) in [7, 11) is 0. The number of Topliss-reactive ketones (excluding diaryl/α,β-unsaturated/α-hetero) is 2. The molecule has 0 radical (unpaired) electrons. The highest BCUT2D eigenvalue weighted by Gasteiger charge is 2.46. The first kappa shape index (κ1) is 21.3. The van der Waals surface area contributed by atoms with Crippen molar-refractivity contribution in [2.24, 2.45) is 0 Å². The molecule has 2 aliphatic heterocycles. The monoisotopic (exact) mass is 472 g/mol. The molecular formula is C28H16N4O4. The van der Waals surface area contributed by atoms with E-state index in [1.165, 1.54) is 34.6 Å². The fourth-order valence-electron chi connectivity index (χ4n) is 4.51. The second-order valence-electron chi connectivity index (χ2n) is 8.15. The van der Waals surface area contributed by atoms with Crippen LogP contribution in [0, 0.1) is 0 Å². The highest BCUT2D eigenvalue weighted by molar-refractivity contribution is 6.35. The van der Waals surface area contributed by atoms with Crippen LogP contribution in [0.25, 0.3) is 0 Å². The quantitative estimate of drug-likeness (QED) is 0.408. The van der Waals surface area contributed by atoms with E-state index in [0.29, 0.717) is 11.4 Å². The van der Waals surface area contributed by atoms with Crippen LogP contribution in [0.3, 0.4) is 0 Å². The van der Waals surface area contributed by atoms with Crippen molar-refractivity contribution in [1.29, 1.82) is 0 Å². The first-order chi connectivity index (χ1) is 17.6. The zero-order valence-corrected chi connectivity index (χ0v) is 18.7. The van der Waals surface area contributed by atoms with E-state index in [2.05, 4.69) is 9.97 Å². The average Bonchev–Trinajstić information content (AvgIpc) is 3.39. The van der Waals surface area contributed by atoms with Crippen molar-refractivity contribution in [2.75, 3.05) is 9.80 Å². The number of hydrogen-bond acceptors (Lipinski definition) is 6. The Bertz CT molecular complexity index is 1490. The number of para-hydroxylation sites is 2. The minimum Gasteiger partial charge on any atom is -0.287 e. The van der Waals surface area contributed by atoms with Crippen molar-refractivity contribution >= 4 is 34.8 Å². The van der Waals surface area contributed by atoms with Gasteiger partial charge in [-0.25, -0.2) is 0 Å². The molecule has 36 heavy (non-hydrogen) atoms. The van der Waals surface area contributed by atoms with Crippen LogP contribution in [0.5, 0.6) is 0 Å². The van der Waals surface area contributed by atoms with Gasteiger partial charge in [-0.3, -0.25) is 38.9 Å². The summed E-state index contributed by atoms with van der Waals surface area (Å²) in [6, 6.07) is 19.6. The van der Waals surface area contributed by atoms with Crippen LogP contribution in [0.4, 0.5) is 11.4 Å². The molecule has 8 heteroatoms. The van der Waals surface area contributed by atoms with Gasteiger partial charge in [-0.15, -0.1) is 0 Å². The fraction of sp³-hybridized carbons (Fsp3) is 0. The van der Waals surface area contributed by atoms with Crippen LogP contribution in [0.1, 0.15) is 41.4 Å². The topological polar surface area (TPSA) is 101 Å². The Labute approximate surface area is 205 Å². The number of carbonyl (C=O) groups excluding carboxylic acids is 4. The largest absolute Gasteiger partial charge is 0.287 e. The molecule has 2 aliphatic rings. The molecule has 8 nitrogen and oxygen atoms in total. The van der Waals surface area contributed by atoms with E-state index in [1.807, 2.05) is 0 Å². The molecule has 2 aromatic carbocycles. The lowest BCUT2D eigenvalue weighted by Crippen LogP contribution is -2.36. The van der Waals surface area contributed by atoms with E-state index < -0.39 is 23.4 Å². The van der Waals surface area contributed by atoms with Gasteiger partial charge in [0.15, 0.2) is 0 Å². The fourth-order valence-corrected chi connectivity index (χ4v) is 4.51. The lowest BCUT2D eigenvalue weighted by atomic mass is 10.1. The molecule has 0 saturated heterocycles. The summed E-state index contributed by atoms with van der Waals surface area (Å²) in [5, 5.41) is 0. The van der Waals surface area contributed by atoms with Gasteiger partial charge in [0, 0.05) is 35.9 Å². The third-order valence-electron chi connectivity index (χ3n) is 6.10. The maximum absolute atomic E-state index is 13.8. The van der Waals surface area contributed by atoms with E-state index in [1.54, 1.807) is 72.8 Å². The Balaban J connectivity index is 1.63. The third kappa shape index (κ3) is 3.08. The molecule has 0 N–H and O–H groups in total. The number of pyridine rings is 2. The van der Waals surface area contributed by atoms with E-state index in [4.69, 9.17) is 0 Å². The summed E-state index contributed by atoms with van der Waals surface area (Å²) in [6.45, 7) is 0. The molecule has 4 aromatic rings. The van der Waals surface area contributed by atoms with Crippen molar-refractivity contribution in [2.45, 2.75) is 0 Å². The lowest BCUT2D eigenvalue weighted by Gasteiger charge is -2.24. The molecule has 0 bridgehead atoms. The minimum absolute atomic E-state index is 0.177. The van der Waals surface area contributed by atoms with Crippen molar-refractivity contribution in [3.63, 3.8) is 0 Å². The second kappa shape index (κ2) is 8.21. The first-order valence-corrected chi connectivity index (χ1v) is 11.1. The predicted molar refractivity (Wildman–Crippen MR) is 131 cm³/mol. The molecule has 2 amide bonds. The first-order valence-electron chi connectivity index (χ1n) is 11.1. The van der Waals surface area contributed by atoms with Crippen LogP contribution < -0.4 is 9.80 Å². The maximum atomic E-state index is 13.8. The number of nitrogens with zero attached hydrogens (tertiary/aromatic N) is 4. The van der Waals surface area contributed by atoms with Crippen LogP contribution >= 0.6 is 0 Å². The number of fused-ring (bicyclic) bond motifs is 2. The normalized spacial score (nSPS) is 16.2. The highest BCUT2D eigenvalue weighted by Crippen LogP contribution is 2.43. The third-order valence-corrected chi connectivity index (χ3v) is 6.10. The Kier molecular flexibility index (Phi) is 4.86. The molecule has 0 fully saturated rings. The number of amides is 2. The molecule has 6 rings (SSSR count). The molecule has 0 aliphatic carbocycles. The van der Waals surface area contributed by atoms with Gasteiger partial charge >= 0.3 is 0 Å². The summed E-state index contributed by atoms with van der Waals surface area (Å²) < 4.78 is 0. The van der Waals surface area contributed by atoms with Crippen LogP contribution in [-0.4, -0.2) is 33.3 Å². The van der Waals surface area contributed by atoms with Gasteiger partial charge in [-0.05, 0) is 48.5 Å². The molecule has 4 heterocycles. The molecule has 2 aromatic heterocycles. The smallest absolute Gasteiger partial charge is 0.264 e. The lowest BCUT2D eigenvalue weighted by molar-refractivity contribution is 0.0953. The van der Waals surface area contributed by atoms with Gasteiger partial charge in [0.1, 0.15) is 11.4 Å². The van der Waals surface area contributed by atoms with E-state index in [9.17, 15) is 19.2 Å². The zero-order valence-electron chi connectivity index (χ0n) is 18.7. The second-order valence-corrected chi connectivity index (χ2v) is 8.15. The van der Waals surface area contributed by atoms with Crippen LogP contribution in [0.15, 0.2) is 109 Å². The number of allylic oxidation sites excluding steroid dienone is 2. The van der Waals surface area contributed by atoms with E-state index in [0.717, 1.165) is 0 Å². The van der Waals surface area contributed by atoms with E-state index in [-0.39, 0.29) is 33.6 Å². The Hall–Kier alpha value is -5.24. The Morgan fingerprint density at radius 3 is 1.36 bits per heavy atom. The van der Waals surface area contributed by atoms with Gasteiger partial charge in [-0.1, -0.05) is 24.3 Å². The van der Waals surface area contributed by atoms with E-state index >= 15 is 0 Å². The molecule has 0 unspecified atom stereocenters. The number of rotatable bonds is 2. The summed E-state index contributed by atoms with van der Waals surface area (Å²) >= 11 is 0. The van der Waals surface area contributed by atoms with Gasteiger partial charge in [0.05, 0.1) is 22.5 Å². The summed E-state index contributed by atoms with van der Waals surface area (Å²) in [4.78, 5) is 65.4. The zero-order chi connectivity index (χ0) is 24.8. The number of carbonyl (C=O) groups is 4. The van der Waals surface area contributed by atoms with Crippen molar-refractivity contribution in [3.8, 4) is 0 Å². The van der Waals surface area contributed by atoms with Gasteiger partial charge in [0.25, 0.3) is 11.8 Å². The van der Waals surface area contributed by atoms with Gasteiger partial charge in [0.2, 0.25) is 11.6 Å². The Morgan fingerprint density at radius 1 is 0.556 bits per heavy atom. The Morgan fingerprint density at radius 2 is 0.972 bits per heavy atom. The van der Waals surface area contributed by atoms with Crippen molar-refractivity contribution < 1.29 is 19.2 Å². The average molecular weight is 472 g/mol. The van der Waals surface area contributed by atoms with Crippen LogP contribution in [0.2, 0.25) is 0 Å². The number of aromatic nitrogens is 2. The number of benzene rings is 2. The molecule has 0 saturated carbocycles.